The van der Waals surface area contributed by atoms with Crippen LogP contribution in [0.2, 0.25) is 0 Å². The average Bonchev–Trinajstić information content (AvgIpc) is 2.62. The Balaban J connectivity index is 2.90. The Morgan fingerprint density at radius 1 is 1.36 bits per heavy atom. The van der Waals surface area contributed by atoms with Crippen LogP contribution >= 0.6 is 0 Å². The highest BCUT2D eigenvalue weighted by molar-refractivity contribution is 5.98. The van der Waals surface area contributed by atoms with Crippen molar-refractivity contribution in [1.82, 2.24) is 0 Å². The smallest absolute Gasteiger partial charge is 0.256 e. The van der Waals surface area contributed by atoms with Gasteiger partial charge in [-0.25, -0.2) is 0 Å². The molecule has 2 atom stereocenters. The van der Waals surface area contributed by atoms with Gasteiger partial charge in [-0.3, -0.25) is 4.79 Å². The summed E-state index contributed by atoms with van der Waals surface area (Å²) in [4.78, 5) is 12.7. The molecule has 1 rings (SSSR count). The number of hydrogen-bond donors (Lipinski definition) is 1. The van der Waals surface area contributed by atoms with E-state index in [1.807, 2.05) is 13.8 Å². The lowest BCUT2D eigenvalue weighted by atomic mass is 9.96. The molecule has 0 spiro atoms. The minimum atomic E-state index is -0.909. The number of rotatable bonds is 10. The van der Waals surface area contributed by atoms with Crippen LogP contribution in [0.4, 0.5) is 5.69 Å². The van der Waals surface area contributed by atoms with Gasteiger partial charge in [0, 0.05) is 13.2 Å². The van der Waals surface area contributed by atoms with Crippen LogP contribution in [-0.4, -0.2) is 24.7 Å². The molecule has 0 aliphatic rings. The minimum absolute atomic E-state index is 0.0716. The summed E-state index contributed by atoms with van der Waals surface area (Å²) in [5.41, 5.74) is -0.0581. The van der Waals surface area contributed by atoms with E-state index in [1.165, 1.54) is 0 Å². The van der Waals surface area contributed by atoms with E-state index < -0.39 is 5.60 Å². The lowest BCUT2D eigenvalue weighted by molar-refractivity contribution is -0.136. The van der Waals surface area contributed by atoms with Crippen molar-refractivity contribution in [2.24, 2.45) is 0 Å². The number of carbonyl (C=O) groups excluding carboxylic acids is 1. The summed E-state index contributed by atoms with van der Waals surface area (Å²) in [6.45, 7) is 7.91. The Kier molecular flexibility index (Phi) is 8.44. The molecule has 0 saturated carbocycles. The monoisotopic (exact) mass is 346 g/mol. The van der Waals surface area contributed by atoms with Crippen LogP contribution in [0.5, 0.6) is 5.75 Å². The fraction of sp³-hybridized carbons (Fsp3) is 0.600. The summed E-state index contributed by atoms with van der Waals surface area (Å²) in [6, 6.07) is 7.25. The molecule has 25 heavy (non-hydrogen) atoms. The number of nitrogens with one attached hydrogen (secondary N) is 1. The van der Waals surface area contributed by atoms with Gasteiger partial charge >= 0.3 is 0 Å². The molecule has 0 aromatic heterocycles. The first-order valence-electron chi connectivity index (χ1n) is 8.97. The van der Waals surface area contributed by atoms with E-state index in [2.05, 4.69) is 18.3 Å². The van der Waals surface area contributed by atoms with Crippen molar-refractivity contribution in [2.45, 2.75) is 71.5 Å². The Labute approximate surface area is 151 Å². The first-order valence-corrected chi connectivity index (χ1v) is 8.97. The predicted molar refractivity (Wildman–Crippen MR) is 99.7 cm³/mol. The average molecular weight is 346 g/mol. The first-order chi connectivity index (χ1) is 11.9. The van der Waals surface area contributed by atoms with Gasteiger partial charge in [-0.15, -0.1) is 0 Å². The molecule has 0 unspecified atom stereocenters. The van der Waals surface area contributed by atoms with E-state index >= 15 is 0 Å². The molecule has 0 aliphatic heterocycles. The zero-order chi connectivity index (χ0) is 18.9. The normalized spacial score (nSPS) is 14.2. The first kappa shape index (κ1) is 21.0. The number of amides is 1. The number of methoxy groups -OCH3 is 1. The van der Waals surface area contributed by atoms with E-state index in [9.17, 15) is 10.1 Å². The molecule has 1 aromatic carbocycles. The van der Waals surface area contributed by atoms with Gasteiger partial charge in [-0.1, -0.05) is 33.1 Å². The molecule has 138 valence electrons. The van der Waals surface area contributed by atoms with Gasteiger partial charge < -0.3 is 14.8 Å². The molecule has 0 radical (unpaired) electrons. The van der Waals surface area contributed by atoms with Crippen LogP contribution in [0.25, 0.3) is 0 Å². The quantitative estimate of drug-likeness (QED) is 0.625. The number of nitriles is 1. The maximum atomic E-state index is 12.7. The molecule has 0 heterocycles. The molecule has 0 aliphatic carbocycles. The lowest BCUT2D eigenvalue weighted by Gasteiger charge is -2.27. The summed E-state index contributed by atoms with van der Waals surface area (Å²) in [5.74, 6) is 0.388. The van der Waals surface area contributed by atoms with Crippen molar-refractivity contribution in [3.8, 4) is 11.8 Å². The van der Waals surface area contributed by atoms with Crippen LogP contribution in [0.15, 0.2) is 18.2 Å². The summed E-state index contributed by atoms with van der Waals surface area (Å²) >= 11 is 0. The number of unbranched alkanes of at least 4 members (excludes halogenated alkanes) is 2. The lowest BCUT2D eigenvalue weighted by Crippen LogP contribution is -2.42. The molecule has 5 heteroatoms. The number of nitrogens with zero attached hydrogens (tertiary/aromatic N) is 1. The molecule has 0 fully saturated rings. The number of hydrogen-bond acceptors (Lipinski definition) is 4. The fourth-order valence-corrected chi connectivity index (χ4v) is 2.39. The molecular formula is C20H30N2O3. The van der Waals surface area contributed by atoms with Crippen molar-refractivity contribution in [3.63, 3.8) is 0 Å². The number of ether oxygens (including phenoxy) is 2. The SMILES string of the molecule is CCCCC[C@](C)(OC)C(=O)Nc1ccc(O[C@@H](C)CC)cc1C#N. The Bertz CT molecular complexity index is 609. The molecule has 0 saturated heterocycles. The van der Waals surface area contributed by atoms with E-state index in [4.69, 9.17) is 9.47 Å². The van der Waals surface area contributed by atoms with Crippen LogP contribution in [0.3, 0.4) is 0 Å². The molecule has 1 amide bonds. The van der Waals surface area contributed by atoms with Gasteiger partial charge in [0.2, 0.25) is 0 Å². The molecule has 1 N–H and O–H groups in total. The third-order valence-corrected chi connectivity index (χ3v) is 4.46. The highest BCUT2D eigenvalue weighted by Crippen LogP contribution is 2.26. The van der Waals surface area contributed by atoms with Crippen molar-refractivity contribution in [1.29, 1.82) is 5.26 Å². The second-order valence-corrected chi connectivity index (χ2v) is 6.50. The molecule has 1 aromatic rings. The summed E-state index contributed by atoms with van der Waals surface area (Å²) in [6.07, 6.45) is 4.64. The van der Waals surface area contributed by atoms with Gasteiger partial charge in [0.1, 0.15) is 17.4 Å². The largest absolute Gasteiger partial charge is 0.491 e. The third-order valence-electron chi connectivity index (χ3n) is 4.46. The van der Waals surface area contributed by atoms with Crippen molar-refractivity contribution < 1.29 is 14.3 Å². The number of benzene rings is 1. The van der Waals surface area contributed by atoms with Gasteiger partial charge in [-0.2, -0.15) is 5.26 Å². The molecule has 5 nitrogen and oxygen atoms in total. The van der Waals surface area contributed by atoms with Crippen LogP contribution in [-0.2, 0) is 9.53 Å². The molecular weight excluding hydrogens is 316 g/mol. The van der Waals surface area contributed by atoms with Crippen molar-refractivity contribution in [3.05, 3.63) is 23.8 Å². The Morgan fingerprint density at radius 3 is 2.64 bits per heavy atom. The number of carbonyl (C=O) groups is 1. The third kappa shape index (κ3) is 6.06. The van der Waals surface area contributed by atoms with E-state index in [0.29, 0.717) is 23.4 Å². The standard InChI is InChI=1S/C20H30N2O3/c1-6-8-9-12-20(4,24-5)19(23)22-18-11-10-17(13-16(18)14-21)25-15(3)7-2/h10-11,13,15H,6-9,12H2,1-5H3,(H,22,23)/t15-,20-/m0/s1. The van der Waals surface area contributed by atoms with Crippen LogP contribution in [0.1, 0.15) is 65.4 Å². The second kappa shape index (κ2) is 10.0. The number of anilines is 1. The zero-order valence-corrected chi connectivity index (χ0v) is 16.0. The zero-order valence-electron chi connectivity index (χ0n) is 16.0. The van der Waals surface area contributed by atoms with Gasteiger partial charge in [0.25, 0.3) is 5.91 Å². The predicted octanol–water partition coefficient (Wildman–Crippen LogP) is 4.66. The highest BCUT2D eigenvalue weighted by Gasteiger charge is 2.32. The van der Waals surface area contributed by atoms with Crippen LogP contribution < -0.4 is 10.1 Å². The van der Waals surface area contributed by atoms with Crippen LogP contribution in [0, 0.1) is 11.3 Å². The van der Waals surface area contributed by atoms with E-state index in [-0.39, 0.29) is 12.0 Å². The summed E-state index contributed by atoms with van der Waals surface area (Å²) in [5, 5.41) is 12.2. The van der Waals surface area contributed by atoms with Crippen molar-refractivity contribution >= 4 is 11.6 Å². The Morgan fingerprint density at radius 2 is 2.08 bits per heavy atom. The second-order valence-electron chi connectivity index (χ2n) is 6.50. The molecule has 0 bridgehead atoms. The van der Waals surface area contributed by atoms with Gasteiger partial charge in [0.15, 0.2) is 0 Å². The fourth-order valence-electron chi connectivity index (χ4n) is 2.39. The van der Waals surface area contributed by atoms with E-state index in [0.717, 1.165) is 25.7 Å². The van der Waals surface area contributed by atoms with Crippen molar-refractivity contribution in [2.75, 3.05) is 12.4 Å². The van der Waals surface area contributed by atoms with Gasteiger partial charge in [0.05, 0.1) is 17.4 Å². The summed E-state index contributed by atoms with van der Waals surface area (Å²) < 4.78 is 11.2. The Hall–Kier alpha value is -2.06. The highest BCUT2D eigenvalue weighted by atomic mass is 16.5. The summed E-state index contributed by atoms with van der Waals surface area (Å²) in [7, 11) is 1.54. The van der Waals surface area contributed by atoms with E-state index in [1.54, 1.807) is 32.2 Å². The minimum Gasteiger partial charge on any atom is -0.491 e. The maximum Gasteiger partial charge on any atom is 0.256 e. The van der Waals surface area contributed by atoms with Gasteiger partial charge in [-0.05, 0) is 38.8 Å². The topological polar surface area (TPSA) is 71.3 Å². The maximum absolute atomic E-state index is 12.7.